The Bertz CT molecular complexity index is 1490. The van der Waals surface area contributed by atoms with Gasteiger partial charge < -0.3 is 10.4 Å². The van der Waals surface area contributed by atoms with Crippen LogP contribution in [0.1, 0.15) is 17.0 Å². The maximum atomic E-state index is 12.4. The fourth-order valence-corrected chi connectivity index (χ4v) is 4.85. The number of para-hydroxylation sites is 1. The molecule has 4 rings (SSSR count). The minimum atomic E-state index is -0.583. The van der Waals surface area contributed by atoms with Crippen molar-refractivity contribution >= 4 is 57.8 Å². The molecule has 0 fully saturated rings. The summed E-state index contributed by atoms with van der Waals surface area (Å²) in [7, 11) is 0. The molecule has 11 nitrogen and oxygen atoms in total. The van der Waals surface area contributed by atoms with Gasteiger partial charge in [0, 0.05) is 32.6 Å². The van der Waals surface area contributed by atoms with E-state index in [2.05, 4.69) is 54.7 Å². The number of nitro groups is 1. The molecule has 0 bridgehead atoms. The summed E-state index contributed by atoms with van der Waals surface area (Å²) in [6.07, 6.45) is 1.15. The van der Waals surface area contributed by atoms with Crippen LogP contribution < -0.4 is 10.7 Å². The summed E-state index contributed by atoms with van der Waals surface area (Å²) in [5, 5.41) is 37.2. The van der Waals surface area contributed by atoms with Gasteiger partial charge in [0.1, 0.15) is 5.75 Å². The van der Waals surface area contributed by atoms with Crippen molar-refractivity contribution in [1.82, 2.24) is 20.2 Å². The number of nitro benzene ring substituents is 1. The fourth-order valence-electron chi connectivity index (χ4n) is 3.44. The van der Waals surface area contributed by atoms with Crippen molar-refractivity contribution in [1.29, 1.82) is 0 Å². The molecule has 0 spiro atoms. The van der Waals surface area contributed by atoms with E-state index in [0.717, 1.165) is 32.8 Å². The SMILES string of the molecule is Cc1cc(I)ccc1NCc1nnc(SCC(=O)N/N=C/c2cc([N+](=O)[O-])ccc2O)n1-c1ccccc1. The highest BCUT2D eigenvalue weighted by atomic mass is 127. The number of aromatic nitrogens is 3. The normalized spacial score (nSPS) is 11.0. The number of benzene rings is 3. The Morgan fingerprint density at radius 3 is 2.71 bits per heavy atom. The van der Waals surface area contributed by atoms with Gasteiger partial charge in [-0.1, -0.05) is 30.0 Å². The molecule has 3 N–H and O–H groups in total. The molecule has 0 atom stereocenters. The second kappa shape index (κ2) is 12.5. The maximum absolute atomic E-state index is 12.4. The van der Waals surface area contributed by atoms with Crippen LogP contribution in [0, 0.1) is 20.6 Å². The van der Waals surface area contributed by atoms with E-state index >= 15 is 0 Å². The number of non-ortho nitro benzene ring substituents is 1. The molecule has 0 saturated heterocycles. The topological polar surface area (TPSA) is 148 Å². The predicted octanol–water partition coefficient (Wildman–Crippen LogP) is 4.65. The molecular formula is C25H22IN7O4S. The van der Waals surface area contributed by atoms with Crippen LogP contribution >= 0.6 is 34.4 Å². The van der Waals surface area contributed by atoms with Crippen molar-refractivity contribution in [3.8, 4) is 11.4 Å². The lowest BCUT2D eigenvalue weighted by Crippen LogP contribution is -2.20. The van der Waals surface area contributed by atoms with Crippen molar-refractivity contribution < 1.29 is 14.8 Å². The summed E-state index contributed by atoms with van der Waals surface area (Å²) in [4.78, 5) is 22.8. The lowest BCUT2D eigenvalue weighted by Gasteiger charge is -2.12. The molecule has 194 valence electrons. The zero-order chi connectivity index (χ0) is 27.1. The molecule has 4 aromatic rings. The molecule has 13 heteroatoms. The second-order valence-electron chi connectivity index (χ2n) is 7.96. The number of thioether (sulfide) groups is 1. The first kappa shape index (κ1) is 27.1. The summed E-state index contributed by atoms with van der Waals surface area (Å²) in [5.74, 6) is 0.0529. The highest BCUT2D eigenvalue weighted by Crippen LogP contribution is 2.24. The molecule has 0 unspecified atom stereocenters. The third-order valence-electron chi connectivity index (χ3n) is 5.29. The van der Waals surface area contributed by atoms with E-state index in [0.29, 0.717) is 17.5 Å². The van der Waals surface area contributed by atoms with Crippen molar-refractivity contribution in [2.24, 2.45) is 5.10 Å². The van der Waals surface area contributed by atoms with Gasteiger partial charge in [0.05, 0.1) is 23.4 Å². The van der Waals surface area contributed by atoms with E-state index in [1.807, 2.05) is 54.0 Å². The standard InChI is InChI=1S/C25H22IN7O4S/c1-16-11-18(26)7-9-21(16)27-14-23-29-31-25(32(23)19-5-3-2-4-6-19)38-15-24(35)30-28-13-17-12-20(33(36)37)8-10-22(17)34/h2-13,27,34H,14-15H2,1H3,(H,30,35)/b28-13+. The van der Waals surface area contributed by atoms with Gasteiger partial charge in [0.25, 0.3) is 11.6 Å². The van der Waals surface area contributed by atoms with Gasteiger partial charge in [-0.15, -0.1) is 10.2 Å². The van der Waals surface area contributed by atoms with Crippen LogP contribution in [0.15, 0.2) is 77.0 Å². The maximum Gasteiger partial charge on any atom is 0.270 e. The number of anilines is 1. The molecule has 0 aliphatic heterocycles. The molecule has 1 amide bonds. The lowest BCUT2D eigenvalue weighted by atomic mass is 10.2. The van der Waals surface area contributed by atoms with Crippen LogP contribution in [-0.2, 0) is 11.3 Å². The highest BCUT2D eigenvalue weighted by Gasteiger charge is 2.16. The van der Waals surface area contributed by atoms with Gasteiger partial charge >= 0.3 is 0 Å². The molecule has 38 heavy (non-hydrogen) atoms. The third kappa shape index (κ3) is 6.86. The summed E-state index contributed by atoms with van der Waals surface area (Å²) < 4.78 is 3.04. The molecule has 0 aliphatic carbocycles. The molecule has 0 radical (unpaired) electrons. The summed E-state index contributed by atoms with van der Waals surface area (Å²) in [5.41, 5.74) is 5.24. The van der Waals surface area contributed by atoms with Gasteiger partial charge in [-0.2, -0.15) is 5.10 Å². The Hall–Kier alpha value is -3.98. The molecule has 1 aromatic heterocycles. The predicted molar refractivity (Wildman–Crippen MR) is 154 cm³/mol. The van der Waals surface area contributed by atoms with Gasteiger partial charge in [-0.25, -0.2) is 5.43 Å². The van der Waals surface area contributed by atoms with Gasteiger partial charge in [0.15, 0.2) is 11.0 Å². The Morgan fingerprint density at radius 1 is 1.18 bits per heavy atom. The number of nitrogens with one attached hydrogen (secondary N) is 2. The number of hydrazone groups is 1. The second-order valence-corrected chi connectivity index (χ2v) is 10.2. The number of aromatic hydroxyl groups is 1. The largest absolute Gasteiger partial charge is 0.507 e. The number of nitrogens with zero attached hydrogens (tertiary/aromatic N) is 5. The number of phenols is 1. The minimum Gasteiger partial charge on any atom is -0.507 e. The Labute approximate surface area is 235 Å². The Balaban J connectivity index is 1.44. The fraction of sp³-hybridized carbons (Fsp3) is 0.120. The first-order chi connectivity index (χ1) is 18.3. The molecular weight excluding hydrogens is 621 g/mol. The van der Waals surface area contributed by atoms with Crippen molar-refractivity contribution in [2.75, 3.05) is 11.1 Å². The first-order valence-corrected chi connectivity index (χ1v) is 13.3. The number of hydrogen-bond acceptors (Lipinski definition) is 9. The summed E-state index contributed by atoms with van der Waals surface area (Å²) in [6.45, 7) is 2.46. The molecule has 0 aliphatic rings. The number of carbonyl (C=O) groups is 1. The number of rotatable bonds is 10. The number of amides is 1. The highest BCUT2D eigenvalue weighted by molar-refractivity contribution is 14.1. The van der Waals surface area contributed by atoms with Crippen LogP contribution in [0.3, 0.4) is 0 Å². The van der Waals surface area contributed by atoms with E-state index in [1.54, 1.807) is 0 Å². The average Bonchev–Trinajstić information content (AvgIpc) is 3.31. The lowest BCUT2D eigenvalue weighted by molar-refractivity contribution is -0.384. The Morgan fingerprint density at radius 2 is 1.97 bits per heavy atom. The Kier molecular flexibility index (Phi) is 8.91. The van der Waals surface area contributed by atoms with Crippen molar-refractivity contribution in [2.45, 2.75) is 18.6 Å². The van der Waals surface area contributed by atoms with Crippen molar-refractivity contribution in [3.63, 3.8) is 0 Å². The van der Waals surface area contributed by atoms with E-state index in [-0.39, 0.29) is 22.8 Å². The van der Waals surface area contributed by atoms with Crippen LogP contribution in [0.5, 0.6) is 5.75 Å². The van der Waals surface area contributed by atoms with Crippen LogP contribution in [0.2, 0.25) is 0 Å². The monoisotopic (exact) mass is 643 g/mol. The quantitative estimate of drug-likeness (QED) is 0.0744. The molecule has 0 saturated carbocycles. The number of phenolic OH excluding ortho intramolecular Hbond substituents is 1. The van der Waals surface area contributed by atoms with E-state index < -0.39 is 10.8 Å². The number of hydrogen-bond donors (Lipinski definition) is 3. The van der Waals surface area contributed by atoms with Gasteiger partial charge in [-0.3, -0.25) is 19.5 Å². The van der Waals surface area contributed by atoms with Crippen LogP contribution in [0.25, 0.3) is 5.69 Å². The van der Waals surface area contributed by atoms with Gasteiger partial charge in [0.2, 0.25) is 0 Å². The van der Waals surface area contributed by atoms with E-state index in [4.69, 9.17) is 0 Å². The van der Waals surface area contributed by atoms with Crippen molar-refractivity contribution in [3.05, 3.63) is 97.4 Å². The number of halogens is 1. The molecule has 1 heterocycles. The summed E-state index contributed by atoms with van der Waals surface area (Å²) in [6, 6.07) is 19.3. The average molecular weight is 643 g/mol. The zero-order valence-corrected chi connectivity index (χ0v) is 23.0. The van der Waals surface area contributed by atoms with Crippen LogP contribution in [0.4, 0.5) is 11.4 Å². The summed E-state index contributed by atoms with van der Waals surface area (Å²) >= 11 is 3.46. The van der Waals surface area contributed by atoms with Crippen LogP contribution in [-0.4, -0.2) is 42.7 Å². The number of aryl methyl sites for hydroxylation is 1. The minimum absolute atomic E-state index is 0.00706. The number of carbonyl (C=O) groups excluding carboxylic acids is 1. The first-order valence-electron chi connectivity index (χ1n) is 11.2. The third-order valence-corrected chi connectivity index (χ3v) is 6.89. The van der Waals surface area contributed by atoms with E-state index in [1.165, 1.54) is 23.9 Å². The zero-order valence-electron chi connectivity index (χ0n) is 20.0. The van der Waals surface area contributed by atoms with E-state index in [9.17, 15) is 20.0 Å². The molecule has 3 aromatic carbocycles. The van der Waals surface area contributed by atoms with Gasteiger partial charge in [-0.05, 0) is 71.5 Å². The smallest absolute Gasteiger partial charge is 0.270 e.